The maximum Gasteiger partial charge on any atom is 0.315 e. The van der Waals surface area contributed by atoms with Gasteiger partial charge >= 0.3 is 5.97 Å². The van der Waals surface area contributed by atoms with Crippen molar-refractivity contribution in [1.82, 2.24) is 5.16 Å². The standard InChI is InChI=1S/C36H35Cl2NO4/c1-6-41-35(40)36(4,5)30-10-7-9-25-19-24(15-18-27(25)30)23-13-16-26(17-14-23)42-21-29-33(39-43-34(29)22(2)3)20-28-31(37)11-8-12-32(28)38/h7-19,22H,6,20-21H2,1-5H3. The zero-order valence-electron chi connectivity index (χ0n) is 25.0. The molecule has 5 rings (SSSR count). The minimum Gasteiger partial charge on any atom is -0.489 e. The summed E-state index contributed by atoms with van der Waals surface area (Å²) in [7, 11) is 0. The Morgan fingerprint density at radius 3 is 2.26 bits per heavy atom. The van der Waals surface area contributed by atoms with E-state index in [1.165, 1.54) is 0 Å². The number of hydrogen-bond donors (Lipinski definition) is 0. The van der Waals surface area contributed by atoms with Gasteiger partial charge in [-0.25, -0.2) is 0 Å². The highest BCUT2D eigenvalue weighted by molar-refractivity contribution is 6.36. The van der Waals surface area contributed by atoms with Gasteiger partial charge in [-0.3, -0.25) is 4.79 Å². The molecule has 1 aromatic heterocycles. The van der Waals surface area contributed by atoms with E-state index in [1.807, 2.05) is 75.4 Å². The lowest BCUT2D eigenvalue weighted by molar-refractivity contribution is -0.148. The number of ether oxygens (including phenoxy) is 2. The first-order chi connectivity index (χ1) is 20.6. The molecule has 1 heterocycles. The molecule has 222 valence electrons. The quantitative estimate of drug-likeness (QED) is 0.146. The molecule has 0 aliphatic heterocycles. The SMILES string of the molecule is CCOC(=O)C(C)(C)c1cccc2cc(-c3ccc(OCc4c(Cc5c(Cl)cccc5Cl)noc4C(C)C)cc3)ccc12. The fraction of sp³-hybridized carbons (Fsp3) is 0.278. The molecule has 0 aliphatic carbocycles. The summed E-state index contributed by atoms with van der Waals surface area (Å²) in [5.41, 5.74) is 4.81. The smallest absolute Gasteiger partial charge is 0.315 e. The summed E-state index contributed by atoms with van der Waals surface area (Å²) in [5.74, 6) is 1.44. The number of rotatable bonds is 10. The second kappa shape index (κ2) is 12.8. The first kappa shape index (κ1) is 30.7. The Morgan fingerprint density at radius 1 is 0.907 bits per heavy atom. The highest BCUT2D eigenvalue weighted by Gasteiger charge is 2.32. The lowest BCUT2D eigenvalue weighted by atomic mass is 9.81. The van der Waals surface area contributed by atoms with Crippen LogP contribution < -0.4 is 4.74 Å². The summed E-state index contributed by atoms with van der Waals surface area (Å²) in [6.07, 6.45) is 0.451. The van der Waals surface area contributed by atoms with Crippen LogP contribution >= 0.6 is 23.2 Å². The van der Waals surface area contributed by atoms with E-state index >= 15 is 0 Å². The summed E-state index contributed by atoms with van der Waals surface area (Å²) in [6.45, 7) is 10.4. The second-order valence-corrected chi connectivity index (χ2v) is 12.2. The van der Waals surface area contributed by atoms with Gasteiger partial charge in [0.2, 0.25) is 0 Å². The van der Waals surface area contributed by atoms with Crippen LogP contribution in [0.2, 0.25) is 10.0 Å². The van der Waals surface area contributed by atoms with Crippen LogP contribution in [0.25, 0.3) is 21.9 Å². The molecule has 7 heteroatoms. The number of carbonyl (C=O) groups is 1. The van der Waals surface area contributed by atoms with Crippen molar-refractivity contribution in [3.8, 4) is 16.9 Å². The van der Waals surface area contributed by atoms with Crippen LogP contribution in [0.3, 0.4) is 0 Å². The molecule has 0 fully saturated rings. The summed E-state index contributed by atoms with van der Waals surface area (Å²) in [5, 5.41) is 7.63. The van der Waals surface area contributed by atoms with Crippen LogP contribution in [0.5, 0.6) is 5.75 Å². The molecule has 0 radical (unpaired) electrons. The second-order valence-electron chi connectivity index (χ2n) is 11.4. The number of halogens is 2. The number of carbonyl (C=O) groups excluding carboxylic acids is 1. The van der Waals surface area contributed by atoms with E-state index in [-0.39, 0.29) is 11.9 Å². The Hall–Kier alpha value is -3.80. The minimum absolute atomic E-state index is 0.139. The van der Waals surface area contributed by atoms with Crippen LogP contribution in [0.1, 0.15) is 68.7 Å². The average Bonchev–Trinajstić information content (AvgIpc) is 3.40. The van der Waals surface area contributed by atoms with E-state index in [9.17, 15) is 4.79 Å². The maximum atomic E-state index is 12.7. The molecule has 0 atom stereocenters. The highest BCUT2D eigenvalue weighted by Crippen LogP contribution is 2.35. The molecular weight excluding hydrogens is 581 g/mol. The van der Waals surface area contributed by atoms with Crippen LogP contribution in [0, 0.1) is 0 Å². The first-order valence-electron chi connectivity index (χ1n) is 14.4. The Bertz CT molecular complexity index is 1740. The number of nitrogens with zero attached hydrogens (tertiary/aromatic N) is 1. The van der Waals surface area contributed by atoms with Crippen LogP contribution in [-0.4, -0.2) is 17.7 Å². The third kappa shape index (κ3) is 6.43. The number of aromatic nitrogens is 1. The zero-order valence-corrected chi connectivity index (χ0v) is 26.6. The van der Waals surface area contributed by atoms with Crippen molar-refractivity contribution in [3.05, 3.63) is 117 Å². The third-order valence-electron chi connectivity index (χ3n) is 7.74. The lowest BCUT2D eigenvalue weighted by Gasteiger charge is -2.24. The summed E-state index contributed by atoms with van der Waals surface area (Å²) in [6, 6.07) is 25.9. The van der Waals surface area contributed by atoms with Gasteiger partial charge in [-0.05, 0) is 84.1 Å². The molecule has 0 unspecified atom stereocenters. The number of benzene rings is 4. The van der Waals surface area contributed by atoms with Crippen LogP contribution in [-0.2, 0) is 28.0 Å². The first-order valence-corrected chi connectivity index (χ1v) is 15.2. The number of hydrogen-bond acceptors (Lipinski definition) is 5. The van der Waals surface area contributed by atoms with Gasteiger partial charge in [0.15, 0.2) is 0 Å². The van der Waals surface area contributed by atoms with Crippen molar-refractivity contribution in [2.45, 2.75) is 59.0 Å². The average molecular weight is 617 g/mol. The summed E-state index contributed by atoms with van der Waals surface area (Å²) in [4.78, 5) is 12.7. The van der Waals surface area contributed by atoms with Gasteiger partial charge in [-0.2, -0.15) is 0 Å². The molecule has 0 amide bonds. The molecule has 5 aromatic rings. The van der Waals surface area contributed by atoms with Gasteiger partial charge in [0.05, 0.1) is 23.3 Å². The van der Waals surface area contributed by atoms with Gasteiger partial charge < -0.3 is 14.0 Å². The lowest BCUT2D eigenvalue weighted by Crippen LogP contribution is -2.31. The van der Waals surface area contributed by atoms with Gasteiger partial charge in [0.25, 0.3) is 0 Å². The fourth-order valence-corrected chi connectivity index (χ4v) is 5.83. The Balaban J connectivity index is 1.35. The van der Waals surface area contributed by atoms with Crippen molar-refractivity contribution < 1.29 is 18.8 Å². The van der Waals surface area contributed by atoms with Crippen molar-refractivity contribution in [1.29, 1.82) is 0 Å². The molecule has 0 bridgehead atoms. The maximum absolute atomic E-state index is 12.7. The fourth-order valence-electron chi connectivity index (χ4n) is 5.30. The van der Waals surface area contributed by atoms with Gasteiger partial charge in [0.1, 0.15) is 18.1 Å². The topological polar surface area (TPSA) is 61.6 Å². The number of fused-ring (bicyclic) bond motifs is 1. The zero-order chi connectivity index (χ0) is 30.7. The predicted octanol–water partition coefficient (Wildman–Crippen LogP) is 9.94. The molecule has 0 N–H and O–H groups in total. The van der Waals surface area contributed by atoms with Gasteiger partial charge in [-0.15, -0.1) is 0 Å². The minimum atomic E-state index is -0.755. The van der Waals surface area contributed by atoms with E-state index in [1.54, 1.807) is 0 Å². The Labute approximate surface area is 262 Å². The highest BCUT2D eigenvalue weighted by atomic mass is 35.5. The molecular formula is C36H35Cl2NO4. The van der Waals surface area contributed by atoms with Gasteiger partial charge in [-0.1, -0.05) is 90.7 Å². The normalized spacial score (nSPS) is 11.7. The third-order valence-corrected chi connectivity index (χ3v) is 8.45. The van der Waals surface area contributed by atoms with E-state index in [4.69, 9.17) is 37.2 Å². The Morgan fingerprint density at radius 2 is 1.58 bits per heavy atom. The molecule has 0 aliphatic rings. The monoisotopic (exact) mass is 615 g/mol. The van der Waals surface area contributed by atoms with Crippen molar-refractivity contribution in [2.75, 3.05) is 6.61 Å². The largest absolute Gasteiger partial charge is 0.489 e. The van der Waals surface area contributed by atoms with Crippen molar-refractivity contribution >= 4 is 39.9 Å². The van der Waals surface area contributed by atoms with Gasteiger partial charge in [0, 0.05) is 22.4 Å². The van der Waals surface area contributed by atoms with Crippen LogP contribution in [0.4, 0.5) is 0 Å². The van der Waals surface area contributed by atoms with Crippen molar-refractivity contribution in [2.24, 2.45) is 0 Å². The number of esters is 1. The Kier molecular flexibility index (Phi) is 9.14. The predicted molar refractivity (Wildman–Crippen MR) is 173 cm³/mol. The van der Waals surface area contributed by atoms with E-state index < -0.39 is 5.41 Å². The molecule has 0 saturated heterocycles. The van der Waals surface area contributed by atoms with Crippen molar-refractivity contribution in [3.63, 3.8) is 0 Å². The molecule has 43 heavy (non-hydrogen) atoms. The van der Waals surface area contributed by atoms with E-state index in [0.717, 1.165) is 55.8 Å². The van der Waals surface area contributed by atoms with Crippen LogP contribution in [0.15, 0.2) is 83.4 Å². The van der Waals surface area contributed by atoms with E-state index in [0.29, 0.717) is 29.7 Å². The molecule has 4 aromatic carbocycles. The summed E-state index contributed by atoms with van der Waals surface area (Å²) >= 11 is 12.9. The summed E-state index contributed by atoms with van der Waals surface area (Å²) < 4.78 is 17.3. The molecule has 0 spiro atoms. The van der Waals surface area contributed by atoms with E-state index in [2.05, 4.69) is 43.3 Å². The molecule has 5 nitrogen and oxygen atoms in total. The molecule has 0 saturated carbocycles.